The molecule has 3 aromatic rings. The first kappa shape index (κ1) is 12.3. The topological polar surface area (TPSA) is 78.8 Å². The van der Waals surface area contributed by atoms with Crippen molar-refractivity contribution in [1.29, 1.82) is 0 Å². The van der Waals surface area contributed by atoms with Gasteiger partial charge in [0, 0.05) is 6.04 Å². The summed E-state index contributed by atoms with van der Waals surface area (Å²) in [6, 6.07) is 10.1. The van der Waals surface area contributed by atoms with E-state index < -0.39 is 0 Å². The number of nitrogens with zero attached hydrogens (tertiary/aromatic N) is 4. The molecule has 1 fully saturated rings. The molecule has 0 amide bonds. The van der Waals surface area contributed by atoms with E-state index in [1.807, 2.05) is 30.3 Å². The molecule has 4 rings (SSSR count). The van der Waals surface area contributed by atoms with Crippen LogP contribution in [0.5, 0.6) is 5.88 Å². The lowest BCUT2D eigenvalue weighted by Gasteiger charge is -2.32. The Labute approximate surface area is 121 Å². The number of hydrogen-bond donors (Lipinski definition) is 1. The fraction of sp³-hybridized carbons (Fsp3) is 0.267. The second-order valence-corrected chi connectivity index (χ2v) is 5.28. The maximum atomic E-state index is 5.90. The molecule has 0 saturated heterocycles. The Morgan fingerprint density at radius 3 is 2.71 bits per heavy atom. The summed E-state index contributed by atoms with van der Waals surface area (Å²) in [4.78, 5) is 8.56. The summed E-state index contributed by atoms with van der Waals surface area (Å²) in [6.07, 6.45) is 5.16. The summed E-state index contributed by atoms with van der Waals surface area (Å²) >= 11 is 0. The highest BCUT2D eigenvalue weighted by molar-refractivity contribution is 5.81. The molecular weight excluding hydrogens is 266 g/mol. The van der Waals surface area contributed by atoms with E-state index in [0.717, 1.165) is 29.6 Å². The van der Waals surface area contributed by atoms with Crippen molar-refractivity contribution in [3.8, 4) is 11.6 Å². The lowest BCUT2D eigenvalue weighted by atomic mass is 9.90. The third-order valence-electron chi connectivity index (χ3n) is 3.74. The molecule has 6 nitrogen and oxygen atoms in total. The third-order valence-corrected chi connectivity index (χ3v) is 3.74. The molecule has 106 valence electrons. The van der Waals surface area contributed by atoms with Crippen LogP contribution >= 0.6 is 0 Å². The van der Waals surface area contributed by atoms with Crippen molar-refractivity contribution in [2.24, 2.45) is 5.73 Å². The normalized spacial score (nSPS) is 21.2. The highest BCUT2D eigenvalue weighted by atomic mass is 16.5. The average molecular weight is 281 g/mol. The van der Waals surface area contributed by atoms with Crippen molar-refractivity contribution in [3.63, 3.8) is 0 Å². The fourth-order valence-corrected chi connectivity index (χ4v) is 2.54. The van der Waals surface area contributed by atoms with E-state index in [1.165, 1.54) is 6.33 Å². The number of para-hydroxylation sites is 1. The van der Waals surface area contributed by atoms with Gasteiger partial charge in [-0.15, -0.1) is 0 Å². The molecule has 1 aliphatic carbocycles. The highest BCUT2D eigenvalue weighted by Gasteiger charge is 2.28. The highest BCUT2D eigenvalue weighted by Crippen LogP contribution is 2.28. The molecule has 0 spiro atoms. The van der Waals surface area contributed by atoms with Crippen LogP contribution in [-0.2, 0) is 0 Å². The monoisotopic (exact) mass is 281 g/mol. The summed E-state index contributed by atoms with van der Waals surface area (Å²) in [5.41, 5.74) is 7.49. The summed E-state index contributed by atoms with van der Waals surface area (Å²) in [6.45, 7) is 0. The standard InChI is InChI=1S/C15H15N5O/c16-10-6-12(7-10)21-15-13-8-19-20(14(13)17-9-18-15)11-4-2-1-3-5-11/h1-5,8-10,12H,6-7,16H2. The number of rotatable bonds is 3. The zero-order chi connectivity index (χ0) is 14.2. The molecule has 0 atom stereocenters. The molecule has 21 heavy (non-hydrogen) atoms. The summed E-state index contributed by atoms with van der Waals surface area (Å²) in [5.74, 6) is 0.582. The molecule has 1 saturated carbocycles. The zero-order valence-corrected chi connectivity index (χ0v) is 11.4. The van der Waals surface area contributed by atoms with Crippen LogP contribution in [0.2, 0.25) is 0 Å². The quantitative estimate of drug-likeness (QED) is 0.790. The predicted molar refractivity (Wildman–Crippen MR) is 78.3 cm³/mol. The van der Waals surface area contributed by atoms with Crippen molar-refractivity contribution in [1.82, 2.24) is 19.7 Å². The maximum Gasteiger partial charge on any atom is 0.228 e. The Morgan fingerprint density at radius 2 is 1.95 bits per heavy atom. The Balaban J connectivity index is 1.73. The average Bonchev–Trinajstić information content (AvgIpc) is 2.91. The van der Waals surface area contributed by atoms with Gasteiger partial charge in [-0.2, -0.15) is 5.10 Å². The Morgan fingerprint density at radius 1 is 1.14 bits per heavy atom. The molecule has 2 N–H and O–H groups in total. The number of fused-ring (bicyclic) bond motifs is 1. The number of ether oxygens (including phenoxy) is 1. The molecular formula is C15H15N5O. The Kier molecular flexibility index (Phi) is 2.82. The van der Waals surface area contributed by atoms with Crippen LogP contribution in [-0.4, -0.2) is 31.9 Å². The van der Waals surface area contributed by atoms with Crippen LogP contribution in [0.25, 0.3) is 16.7 Å². The molecule has 0 bridgehead atoms. The van der Waals surface area contributed by atoms with E-state index in [-0.39, 0.29) is 12.1 Å². The Hall–Kier alpha value is -2.47. The fourth-order valence-electron chi connectivity index (χ4n) is 2.54. The molecule has 0 radical (unpaired) electrons. The molecule has 2 heterocycles. The zero-order valence-electron chi connectivity index (χ0n) is 11.4. The molecule has 1 aromatic carbocycles. The van der Waals surface area contributed by atoms with Gasteiger partial charge in [0.2, 0.25) is 5.88 Å². The lowest BCUT2D eigenvalue weighted by Crippen LogP contribution is -2.43. The van der Waals surface area contributed by atoms with Crippen LogP contribution in [0.3, 0.4) is 0 Å². The number of nitrogens with two attached hydrogens (primary N) is 1. The smallest absolute Gasteiger partial charge is 0.228 e. The first-order chi connectivity index (χ1) is 10.3. The lowest BCUT2D eigenvalue weighted by molar-refractivity contribution is 0.0975. The van der Waals surface area contributed by atoms with Gasteiger partial charge >= 0.3 is 0 Å². The predicted octanol–water partition coefficient (Wildman–Crippen LogP) is 1.68. The van der Waals surface area contributed by atoms with Crippen LogP contribution in [0, 0.1) is 0 Å². The second kappa shape index (κ2) is 4.82. The van der Waals surface area contributed by atoms with Gasteiger partial charge in [0.25, 0.3) is 0 Å². The number of aromatic nitrogens is 4. The van der Waals surface area contributed by atoms with Gasteiger partial charge < -0.3 is 10.5 Å². The summed E-state index contributed by atoms with van der Waals surface area (Å²) < 4.78 is 7.69. The molecule has 0 aliphatic heterocycles. The van der Waals surface area contributed by atoms with Gasteiger partial charge in [-0.3, -0.25) is 0 Å². The molecule has 2 aromatic heterocycles. The van der Waals surface area contributed by atoms with Gasteiger partial charge in [-0.1, -0.05) is 18.2 Å². The van der Waals surface area contributed by atoms with Crippen molar-refractivity contribution in [3.05, 3.63) is 42.9 Å². The SMILES string of the molecule is NC1CC(Oc2ncnc3c2cnn3-c2ccccc2)C1. The minimum Gasteiger partial charge on any atom is -0.474 e. The van der Waals surface area contributed by atoms with Gasteiger partial charge in [-0.05, 0) is 25.0 Å². The van der Waals surface area contributed by atoms with Crippen molar-refractivity contribution in [2.75, 3.05) is 0 Å². The first-order valence-corrected chi connectivity index (χ1v) is 6.97. The van der Waals surface area contributed by atoms with Gasteiger partial charge in [0.05, 0.1) is 11.9 Å². The minimum atomic E-state index is 0.151. The van der Waals surface area contributed by atoms with Crippen LogP contribution in [0.15, 0.2) is 42.9 Å². The van der Waals surface area contributed by atoms with Gasteiger partial charge in [0.15, 0.2) is 5.65 Å². The van der Waals surface area contributed by atoms with Crippen molar-refractivity contribution < 1.29 is 4.74 Å². The maximum absolute atomic E-state index is 5.90. The van der Waals surface area contributed by atoms with Gasteiger partial charge in [-0.25, -0.2) is 14.6 Å². The van der Waals surface area contributed by atoms with Crippen LogP contribution in [0.1, 0.15) is 12.8 Å². The largest absolute Gasteiger partial charge is 0.474 e. The third kappa shape index (κ3) is 2.13. The van der Waals surface area contributed by atoms with E-state index in [0.29, 0.717) is 5.88 Å². The van der Waals surface area contributed by atoms with Crippen LogP contribution < -0.4 is 10.5 Å². The van der Waals surface area contributed by atoms with E-state index in [4.69, 9.17) is 10.5 Å². The van der Waals surface area contributed by atoms with E-state index in [1.54, 1.807) is 10.9 Å². The van der Waals surface area contributed by atoms with Crippen molar-refractivity contribution in [2.45, 2.75) is 25.0 Å². The number of hydrogen-bond acceptors (Lipinski definition) is 5. The first-order valence-electron chi connectivity index (χ1n) is 6.97. The summed E-state index contributed by atoms with van der Waals surface area (Å²) in [5, 5.41) is 5.22. The molecule has 0 unspecified atom stereocenters. The molecule has 6 heteroatoms. The Bertz CT molecular complexity index is 764. The summed E-state index contributed by atoms with van der Waals surface area (Å²) in [7, 11) is 0. The number of benzene rings is 1. The van der Waals surface area contributed by atoms with Crippen molar-refractivity contribution >= 4 is 11.0 Å². The molecule has 1 aliphatic rings. The van der Waals surface area contributed by atoms with E-state index in [2.05, 4.69) is 15.1 Å². The van der Waals surface area contributed by atoms with Crippen LogP contribution in [0.4, 0.5) is 0 Å². The van der Waals surface area contributed by atoms with E-state index >= 15 is 0 Å². The van der Waals surface area contributed by atoms with E-state index in [9.17, 15) is 0 Å². The second-order valence-electron chi connectivity index (χ2n) is 5.28. The van der Waals surface area contributed by atoms with Gasteiger partial charge in [0.1, 0.15) is 17.8 Å². The minimum absolute atomic E-state index is 0.151.